The van der Waals surface area contributed by atoms with Crippen molar-refractivity contribution in [3.05, 3.63) is 46.0 Å². The van der Waals surface area contributed by atoms with Crippen molar-refractivity contribution in [3.63, 3.8) is 0 Å². The van der Waals surface area contributed by atoms with E-state index in [0.29, 0.717) is 18.0 Å². The van der Waals surface area contributed by atoms with Gasteiger partial charge in [-0.1, -0.05) is 6.07 Å². The average Bonchev–Trinajstić information content (AvgIpc) is 2.76. The van der Waals surface area contributed by atoms with Gasteiger partial charge in [0.15, 0.2) is 0 Å². The molecule has 21 heavy (non-hydrogen) atoms. The highest BCUT2D eigenvalue weighted by molar-refractivity contribution is 5.68. The Morgan fingerprint density at radius 2 is 2.29 bits per heavy atom. The van der Waals surface area contributed by atoms with E-state index in [1.54, 1.807) is 25.4 Å². The third-order valence-electron chi connectivity index (χ3n) is 3.27. The van der Waals surface area contributed by atoms with Gasteiger partial charge in [-0.25, -0.2) is 4.98 Å². The lowest BCUT2D eigenvalue weighted by molar-refractivity contribution is -0.137. The number of nitrogens with one attached hydrogen (secondary N) is 1. The minimum Gasteiger partial charge on any atom is -0.481 e. The summed E-state index contributed by atoms with van der Waals surface area (Å²) in [4.78, 5) is 26.6. The molecule has 0 aliphatic carbocycles. The van der Waals surface area contributed by atoms with Crippen molar-refractivity contribution in [3.8, 4) is 5.88 Å². The topological polar surface area (TPSA) is 97.2 Å². The van der Waals surface area contributed by atoms with Crippen LogP contribution in [0, 0.1) is 0 Å². The van der Waals surface area contributed by atoms with Crippen LogP contribution in [0.25, 0.3) is 0 Å². The Kier molecular flexibility index (Phi) is 4.42. The van der Waals surface area contributed by atoms with Gasteiger partial charge < -0.3 is 9.84 Å². The molecule has 2 heterocycles. The number of aliphatic carboxylic acids is 1. The highest BCUT2D eigenvalue weighted by atomic mass is 16.5. The molecule has 0 radical (unpaired) electrons. The van der Waals surface area contributed by atoms with Gasteiger partial charge >= 0.3 is 5.97 Å². The number of aromatic amines is 1. The zero-order valence-corrected chi connectivity index (χ0v) is 11.9. The maximum atomic E-state index is 11.5. The number of nitrogens with zero attached hydrogens (tertiary/aromatic N) is 2. The van der Waals surface area contributed by atoms with Crippen LogP contribution in [0.15, 0.2) is 29.2 Å². The van der Waals surface area contributed by atoms with Crippen LogP contribution in [0.2, 0.25) is 0 Å². The van der Waals surface area contributed by atoms with Crippen molar-refractivity contribution in [2.24, 2.45) is 7.05 Å². The third-order valence-corrected chi connectivity index (χ3v) is 3.27. The first-order chi connectivity index (χ1) is 9.99. The lowest BCUT2D eigenvalue weighted by Gasteiger charge is -2.14. The van der Waals surface area contributed by atoms with Crippen molar-refractivity contribution in [1.82, 2.24) is 14.8 Å². The van der Waals surface area contributed by atoms with Crippen LogP contribution < -0.4 is 10.3 Å². The molecule has 0 amide bonds. The number of ether oxygens (including phenoxy) is 1. The van der Waals surface area contributed by atoms with Crippen LogP contribution in [0.1, 0.15) is 23.6 Å². The fourth-order valence-corrected chi connectivity index (χ4v) is 2.19. The van der Waals surface area contributed by atoms with Crippen molar-refractivity contribution in [2.45, 2.75) is 18.8 Å². The molecule has 0 fully saturated rings. The number of hydrogen-bond acceptors (Lipinski definition) is 4. The minimum absolute atomic E-state index is 0.0368. The molecule has 1 atom stereocenters. The minimum atomic E-state index is -0.894. The summed E-state index contributed by atoms with van der Waals surface area (Å²) in [5.74, 6) is -0.686. The summed E-state index contributed by atoms with van der Waals surface area (Å²) in [5.41, 5.74) is 1.35. The Morgan fingerprint density at radius 3 is 2.76 bits per heavy atom. The summed E-state index contributed by atoms with van der Waals surface area (Å²) in [5, 5.41) is 12.0. The molecular weight excluding hydrogens is 274 g/mol. The molecule has 2 rings (SSSR count). The second kappa shape index (κ2) is 6.25. The molecule has 0 bridgehead atoms. The summed E-state index contributed by atoms with van der Waals surface area (Å²) in [6.45, 7) is 0. The van der Waals surface area contributed by atoms with E-state index < -0.39 is 5.97 Å². The molecule has 112 valence electrons. The van der Waals surface area contributed by atoms with E-state index in [1.807, 2.05) is 0 Å². The number of aromatic nitrogens is 3. The predicted molar refractivity (Wildman–Crippen MR) is 75.5 cm³/mol. The van der Waals surface area contributed by atoms with E-state index in [-0.39, 0.29) is 17.9 Å². The molecule has 1 unspecified atom stereocenters. The van der Waals surface area contributed by atoms with Gasteiger partial charge in [0, 0.05) is 37.0 Å². The van der Waals surface area contributed by atoms with Crippen molar-refractivity contribution in [2.75, 3.05) is 7.11 Å². The second-order valence-corrected chi connectivity index (χ2v) is 4.81. The Hall–Kier alpha value is -2.57. The molecule has 2 aromatic heterocycles. The number of pyridine rings is 1. The van der Waals surface area contributed by atoms with Gasteiger partial charge in [-0.05, 0) is 12.0 Å². The number of carboxylic acids is 1. The summed E-state index contributed by atoms with van der Waals surface area (Å²) in [6, 6.07) is 4.96. The first kappa shape index (κ1) is 14.8. The molecule has 7 heteroatoms. The quantitative estimate of drug-likeness (QED) is 0.824. The zero-order valence-electron chi connectivity index (χ0n) is 11.9. The van der Waals surface area contributed by atoms with Crippen LogP contribution >= 0.6 is 0 Å². The Balaban J connectivity index is 2.24. The molecule has 0 aliphatic rings. The summed E-state index contributed by atoms with van der Waals surface area (Å²) in [7, 11) is 3.14. The molecule has 0 saturated heterocycles. The highest BCUT2D eigenvalue weighted by Gasteiger charge is 2.18. The number of aryl methyl sites for hydroxylation is 1. The van der Waals surface area contributed by atoms with Gasteiger partial charge in [0.05, 0.1) is 13.5 Å². The van der Waals surface area contributed by atoms with Gasteiger partial charge in [0.2, 0.25) is 5.88 Å². The lowest BCUT2D eigenvalue weighted by atomic mass is 9.92. The van der Waals surface area contributed by atoms with Gasteiger partial charge in [-0.15, -0.1) is 0 Å². The van der Waals surface area contributed by atoms with E-state index in [0.717, 1.165) is 5.56 Å². The van der Waals surface area contributed by atoms with E-state index in [4.69, 9.17) is 9.84 Å². The Labute approximate surface area is 121 Å². The van der Waals surface area contributed by atoms with E-state index in [2.05, 4.69) is 10.1 Å². The average molecular weight is 291 g/mol. The predicted octanol–water partition coefficient (Wildman–Crippen LogP) is 0.918. The first-order valence-electron chi connectivity index (χ1n) is 6.46. The number of carbonyl (C=O) groups is 1. The Morgan fingerprint density at radius 1 is 1.52 bits per heavy atom. The molecule has 2 aromatic rings. The van der Waals surface area contributed by atoms with Gasteiger partial charge in [-0.2, -0.15) is 0 Å². The summed E-state index contributed by atoms with van der Waals surface area (Å²) >= 11 is 0. The molecule has 2 N–H and O–H groups in total. The second-order valence-electron chi connectivity index (χ2n) is 4.81. The fraction of sp³-hybridized carbons (Fsp3) is 0.357. The van der Waals surface area contributed by atoms with Crippen LogP contribution in [0.3, 0.4) is 0 Å². The monoisotopic (exact) mass is 291 g/mol. The molecule has 7 nitrogen and oxygen atoms in total. The van der Waals surface area contributed by atoms with Gasteiger partial charge in [0.1, 0.15) is 0 Å². The third kappa shape index (κ3) is 3.71. The highest BCUT2D eigenvalue weighted by Crippen LogP contribution is 2.24. The molecule has 0 spiro atoms. The van der Waals surface area contributed by atoms with E-state index in [9.17, 15) is 9.59 Å². The fourth-order valence-electron chi connectivity index (χ4n) is 2.19. The maximum Gasteiger partial charge on any atom is 0.303 e. The van der Waals surface area contributed by atoms with Crippen LogP contribution in [-0.2, 0) is 18.3 Å². The molecule has 0 aliphatic heterocycles. The number of rotatable bonds is 6. The molecule has 0 aromatic carbocycles. The van der Waals surface area contributed by atoms with Crippen molar-refractivity contribution in [1.29, 1.82) is 0 Å². The number of methoxy groups -OCH3 is 1. The smallest absolute Gasteiger partial charge is 0.303 e. The van der Waals surface area contributed by atoms with Gasteiger partial charge in [0.25, 0.3) is 5.56 Å². The SMILES string of the molecule is COc1ccc(C(CC(=O)O)Cc2cc(=O)n(C)[nH]2)cn1. The largest absolute Gasteiger partial charge is 0.481 e. The number of carboxylic acid groups (broad SMARTS) is 1. The molecular formula is C14H17N3O4. The van der Waals surface area contributed by atoms with Gasteiger partial charge in [-0.3, -0.25) is 19.4 Å². The van der Waals surface area contributed by atoms with E-state index >= 15 is 0 Å². The normalized spacial score (nSPS) is 12.1. The zero-order chi connectivity index (χ0) is 15.4. The maximum absolute atomic E-state index is 11.5. The Bertz CT molecular complexity index is 672. The number of H-pyrrole nitrogens is 1. The number of hydrogen-bond donors (Lipinski definition) is 2. The summed E-state index contributed by atoms with van der Waals surface area (Å²) in [6.07, 6.45) is 1.99. The summed E-state index contributed by atoms with van der Waals surface area (Å²) < 4.78 is 6.35. The molecule has 0 saturated carbocycles. The van der Waals surface area contributed by atoms with Crippen LogP contribution in [0.5, 0.6) is 5.88 Å². The standard InChI is InChI=1S/C14H17N3O4/c1-17-13(18)7-11(16-17)5-10(6-14(19)20)9-3-4-12(21-2)15-8-9/h3-4,7-8,10,16H,5-6H2,1-2H3,(H,19,20). The van der Waals surface area contributed by atoms with Crippen LogP contribution in [-0.4, -0.2) is 33.0 Å². The van der Waals surface area contributed by atoms with E-state index in [1.165, 1.54) is 17.9 Å². The first-order valence-corrected chi connectivity index (χ1v) is 6.46. The lowest BCUT2D eigenvalue weighted by Crippen LogP contribution is -2.11. The van der Waals surface area contributed by atoms with Crippen LogP contribution in [0.4, 0.5) is 0 Å². The van der Waals surface area contributed by atoms with Crippen molar-refractivity contribution >= 4 is 5.97 Å². The van der Waals surface area contributed by atoms with Crippen molar-refractivity contribution < 1.29 is 14.6 Å².